The largest absolute Gasteiger partial charge is 0.309 e. The maximum atomic E-state index is 13.6. The molecule has 0 saturated heterocycles. The Balaban J connectivity index is 0.0000000923. The quantitative estimate of drug-likeness (QED) is 0.170. The standard InChI is InChI=1S/5C26H19NOS/c1-16-7-10-18(11-8-16)27-23-6-4-3-5-19(23)20-15-26-22(14-24(20)27)21-13-17(2)9-12-25(21)29(26)28;1-16-7-10-18(11-8-16)27-23-6-4-3-5-19(23)21-14-22-20-12-9-17(2)13-25(20)29(28)26(22)15-24(21)27;1-16-7-10-18(11-8-16)27-22-6-4-3-5-21(22)25-23(27)14-13-20-19-12-9-17(2)15-24(19)29(28)26(20)25;1-16-7-10-18(11-8-16)27-22-6-4-3-5-19(22)20-13-14-23-25(26(20)27)21-12-9-17(2)15-24(21)29(23)28;1-16-7-10-18(11-8-16)27-21-6-4-3-5-19(21)25-22(27)13-14-23-26(25)20-12-9-17(2)15-24(20)29(23)28/h5*3-15H,1-2H3. The Labute approximate surface area is 852 Å². The molecule has 0 N–H and O–H groups in total. The molecule has 145 heavy (non-hydrogen) atoms. The van der Waals surface area contributed by atoms with Crippen LogP contribution in [0, 0.1) is 69.2 Å². The molecular formula is C130H95N5O5S5. The van der Waals surface area contributed by atoms with Gasteiger partial charge in [-0.3, -0.25) is 0 Å². The van der Waals surface area contributed by atoms with E-state index in [0.717, 1.165) is 205 Å². The molecule has 5 aliphatic rings. The number of rotatable bonds is 5. The molecule has 0 spiro atoms. The Bertz CT molecular complexity index is 9950. The van der Waals surface area contributed by atoms with Crippen molar-refractivity contribution >= 4 is 163 Å². The van der Waals surface area contributed by atoms with Gasteiger partial charge in [-0.25, -0.2) is 21.0 Å². The van der Waals surface area contributed by atoms with Crippen molar-refractivity contribution in [1.29, 1.82) is 0 Å². The average molecular weight is 1970 g/mol. The molecule has 5 aromatic heterocycles. The molecule has 0 radical (unpaired) electrons. The van der Waals surface area contributed by atoms with Gasteiger partial charge in [-0.1, -0.05) is 258 Å². The highest BCUT2D eigenvalue weighted by Crippen LogP contribution is 2.55. The normalized spacial score (nSPS) is 15.0. The van der Waals surface area contributed by atoms with E-state index in [-0.39, 0.29) is 0 Å². The van der Waals surface area contributed by atoms with Gasteiger partial charge in [-0.2, -0.15) is 0 Å². The second-order valence-corrected chi connectivity index (χ2v) is 46.1. The zero-order valence-corrected chi connectivity index (χ0v) is 85.4. The zero-order valence-electron chi connectivity index (χ0n) is 81.3. The Morgan fingerprint density at radius 3 is 0.945 bits per heavy atom. The van der Waals surface area contributed by atoms with Gasteiger partial charge in [0.25, 0.3) is 0 Å². The van der Waals surface area contributed by atoms with Crippen LogP contribution >= 0.6 is 0 Å². The molecule has 5 unspecified atom stereocenters. The van der Waals surface area contributed by atoms with Gasteiger partial charge in [0.2, 0.25) is 0 Å². The van der Waals surface area contributed by atoms with Gasteiger partial charge >= 0.3 is 0 Å². The van der Waals surface area contributed by atoms with Gasteiger partial charge in [-0.15, -0.1) is 0 Å². The number of benzene rings is 20. The summed E-state index contributed by atoms with van der Waals surface area (Å²) in [6.45, 7) is 20.8. The Morgan fingerprint density at radius 2 is 0.448 bits per heavy atom. The third-order valence-corrected chi connectivity index (χ3v) is 36.9. The Hall–Kier alpha value is -15.9. The van der Waals surface area contributed by atoms with Crippen LogP contribution in [-0.2, 0) is 54.0 Å². The fourth-order valence-corrected chi connectivity index (χ4v) is 30.0. The van der Waals surface area contributed by atoms with Crippen molar-refractivity contribution in [2.75, 3.05) is 0 Å². The summed E-state index contributed by atoms with van der Waals surface area (Å²) in [7, 11) is -5.72. The molecule has 0 aliphatic carbocycles. The minimum absolute atomic E-state index is 0.911. The zero-order chi connectivity index (χ0) is 98.5. The van der Waals surface area contributed by atoms with Crippen molar-refractivity contribution in [1.82, 2.24) is 22.8 Å². The molecule has 700 valence electrons. The van der Waals surface area contributed by atoms with Crippen LogP contribution in [0.5, 0.6) is 0 Å². The van der Waals surface area contributed by atoms with Crippen LogP contribution in [0.15, 0.2) is 443 Å². The summed E-state index contributed by atoms with van der Waals surface area (Å²) in [5, 5.41) is 11.8. The van der Waals surface area contributed by atoms with Gasteiger partial charge in [0.15, 0.2) is 0 Å². The molecule has 0 bridgehead atoms. The number of aromatic nitrogens is 5. The van der Waals surface area contributed by atoms with Crippen molar-refractivity contribution in [2.24, 2.45) is 0 Å². The van der Waals surface area contributed by atoms with Crippen LogP contribution < -0.4 is 0 Å². The van der Waals surface area contributed by atoms with E-state index in [0.29, 0.717) is 0 Å². The third kappa shape index (κ3) is 14.3. The molecule has 0 fully saturated rings. The summed E-state index contributed by atoms with van der Waals surface area (Å²) in [5.41, 5.74) is 40.1. The van der Waals surface area contributed by atoms with Crippen LogP contribution in [0.1, 0.15) is 55.6 Å². The minimum Gasteiger partial charge on any atom is -0.309 e. The lowest BCUT2D eigenvalue weighted by molar-refractivity contribution is 0.684. The van der Waals surface area contributed by atoms with Crippen LogP contribution in [0.2, 0.25) is 0 Å². The minimum atomic E-state index is -1.17. The Morgan fingerprint density at radius 1 is 0.159 bits per heavy atom. The van der Waals surface area contributed by atoms with Crippen LogP contribution in [-0.4, -0.2) is 43.9 Å². The van der Waals surface area contributed by atoms with Gasteiger partial charge in [0.1, 0.15) is 0 Å². The molecule has 0 amide bonds. The van der Waals surface area contributed by atoms with Crippen molar-refractivity contribution < 1.29 is 21.0 Å². The second-order valence-electron chi connectivity index (χ2n) is 39.0. The number of hydrogen-bond donors (Lipinski definition) is 0. The maximum absolute atomic E-state index is 13.6. The van der Waals surface area contributed by atoms with Crippen LogP contribution in [0.3, 0.4) is 0 Å². The lowest BCUT2D eigenvalue weighted by Gasteiger charge is -2.11. The lowest BCUT2D eigenvalue weighted by Crippen LogP contribution is -1.95. The van der Waals surface area contributed by atoms with E-state index in [2.05, 4.69) is 468 Å². The first-order valence-corrected chi connectivity index (χ1v) is 54.7. The predicted octanol–water partition coefficient (Wildman–Crippen LogP) is 32.7. The number of nitrogens with zero attached hydrogens (tertiary/aromatic N) is 5. The third-order valence-electron chi connectivity index (χ3n) is 29.5. The second kappa shape index (κ2) is 34.8. The summed E-state index contributed by atoms with van der Waals surface area (Å²) < 4.78 is 78.2. The topological polar surface area (TPSA) is 110 Å². The van der Waals surface area contributed by atoms with E-state index in [1.807, 2.05) is 18.2 Å². The Kier molecular flexibility index (Phi) is 21.4. The summed E-state index contributed by atoms with van der Waals surface area (Å²) in [6, 6.07) is 138. The fraction of sp³-hybridized carbons (Fsp3) is 0.0769. The predicted molar refractivity (Wildman–Crippen MR) is 602 cm³/mol. The van der Waals surface area contributed by atoms with E-state index in [1.54, 1.807) is 0 Å². The van der Waals surface area contributed by atoms with Gasteiger partial charge in [-0.05, 0) is 278 Å². The summed E-state index contributed by atoms with van der Waals surface area (Å²) in [5.74, 6) is 0. The molecular weight excluding hydrogens is 1870 g/mol. The highest BCUT2D eigenvalue weighted by atomic mass is 32.2. The van der Waals surface area contributed by atoms with E-state index >= 15 is 0 Å². The van der Waals surface area contributed by atoms with Crippen molar-refractivity contribution in [3.63, 3.8) is 0 Å². The van der Waals surface area contributed by atoms with Gasteiger partial charge in [0.05, 0.1) is 158 Å². The first-order valence-electron chi connectivity index (χ1n) is 49.0. The van der Waals surface area contributed by atoms with E-state index in [4.69, 9.17) is 0 Å². The molecule has 10 heterocycles. The van der Waals surface area contributed by atoms with E-state index in [1.165, 1.54) is 93.2 Å². The molecule has 30 rings (SSSR count). The number of aryl methyl sites for hydroxylation is 10. The molecule has 10 nitrogen and oxygen atoms in total. The smallest absolute Gasteiger partial charge is 0.0869 e. The first-order chi connectivity index (χ1) is 70.6. The molecule has 25 aromatic rings. The van der Waals surface area contributed by atoms with Crippen LogP contribution in [0.25, 0.3) is 193 Å². The molecule has 5 aliphatic heterocycles. The molecule has 15 heteroatoms. The molecule has 20 aromatic carbocycles. The number of hydrogen-bond acceptors (Lipinski definition) is 5. The summed E-state index contributed by atoms with van der Waals surface area (Å²) in [6.07, 6.45) is 0. The monoisotopic (exact) mass is 1970 g/mol. The average Bonchev–Trinajstić information content (AvgIpc) is 1.56. The molecule has 5 atom stereocenters. The van der Waals surface area contributed by atoms with Crippen molar-refractivity contribution in [3.8, 4) is 84.1 Å². The lowest BCUT2D eigenvalue weighted by atomic mass is 9.99. The summed E-state index contributed by atoms with van der Waals surface area (Å²) >= 11 is 0. The highest BCUT2D eigenvalue weighted by Gasteiger charge is 2.37. The first kappa shape index (κ1) is 89.3. The van der Waals surface area contributed by atoms with Crippen molar-refractivity contribution in [3.05, 3.63) is 450 Å². The number of fused-ring (bicyclic) bond motifs is 33. The summed E-state index contributed by atoms with van der Waals surface area (Å²) in [4.78, 5) is 9.25. The highest BCUT2D eigenvalue weighted by molar-refractivity contribution is 7.87. The van der Waals surface area contributed by atoms with Crippen molar-refractivity contribution in [2.45, 2.75) is 118 Å². The van der Waals surface area contributed by atoms with Gasteiger partial charge < -0.3 is 22.8 Å². The number of para-hydroxylation sites is 5. The van der Waals surface area contributed by atoms with Gasteiger partial charge in [0, 0.05) is 121 Å². The maximum Gasteiger partial charge on any atom is 0.0869 e. The van der Waals surface area contributed by atoms with E-state index < -0.39 is 54.0 Å². The van der Waals surface area contributed by atoms with Crippen LogP contribution in [0.4, 0.5) is 0 Å². The SMILES string of the molecule is Cc1ccc(-n2c3ccccc3c3c4c(ccc32)-c2ccc(C)cc2S4=O)cc1.Cc1ccc(-n2c3ccccc3c3c4c(ccc32)S(=O)c2cc(C)ccc2-4)cc1.Cc1ccc(-n2c3ccccc3c3cc4c(cc32)-c2cc(C)ccc2S4=O)cc1.Cc1ccc(-n2c3ccccc3c3cc4c(cc32)S(=O)c2cc(C)ccc2-4)cc1.Cc1ccc(-n2c3ccccc3c3ccc4c(c32)-c2ccc(C)cc2S4=O)cc1. The van der Waals surface area contributed by atoms with E-state index in [9.17, 15) is 21.0 Å². The molecule has 0 saturated carbocycles. The fourth-order valence-electron chi connectivity index (χ4n) is 22.5.